The van der Waals surface area contributed by atoms with Crippen molar-refractivity contribution in [3.05, 3.63) is 58.9 Å². The van der Waals surface area contributed by atoms with Gasteiger partial charge in [0.15, 0.2) is 5.78 Å². The molecule has 1 amide bonds. The van der Waals surface area contributed by atoms with E-state index in [1.807, 2.05) is 24.3 Å². The number of benzene rings is 1. The van der Waals surface area contributed by atoms with Crippen LogP contribution in [0.5, 0.6) is 0 Å². The van der Waals surface area contributed by atoms with E-state index in [9.17, 15) is 9.59 Å². The minimum Gasteiger partial charge on any atom is -0.392 e. The van der Waals surface area contributed by atoms with E-state index >= 15 is 0 Å². The summed E-state index contributed by atoms with van der Waals surface area (Å²) in [6.07, 6.45) is 1.52. The van der Waals surface area contributed by atoms with Crippen LogP contribution in [0.25, 0.3) is 0 Å². The number of nitrogens with one attached hydrogen (secondary N) is 2. The van der Waals surface area contributed by atoms with E-state index in [0.717, 1.165) is 11.1 Å². The Kier molecular flexibility index (Phi) is 4.32. The molecule has 0 aliphatic rings. The molecule has 0 spiro atoms. The molecule has 0 radical (unpaired) electrons. The van der Waals surface area contributed by atoms with Gasteiger partial charge in [-0.2, -0.15) is 0 Å². The minimum absolute atomic E-state index is 0.00291. The lowest BCUT2D eigenvalue weighted by Crippen LogP contribution is -2.23. The summed E-state index contributed by atoms with van der Waals surface area (Å²) in [4.78, 5) is 25.8. The number of Topliss-reactive ketones (excluding diaryl/α,β-unsaturated/α-hetero) is 1. The summed E-state index contributed by atoms with van der Waals surface area (Å²) in [5.74, 6) is -0.344. The van der Waals surface area contributed by atoms with Crippen LogP contribution in [0.15, 0.2) is 36.5 Å². The fourth-order valence-corrected chi connectivity index (χ4v) is 1.77. The van der Waals surface area contributed by atoms with E-state index in [-0.39, 0.29) is 18.3 Å². The summed E-state index contributed by atoms with van der Waals surface area (Å²) in [6, 6.07) is 8.85. The van der Waals surface area contributed by atoms with Crippen LogP contribution in [0.1, 0.15) is 38.9 Å². The van der Waals surface area contributed by atoms with Crippen LogP contribution in [-0.4, -0.2) is 21.8 Å². The number of aromatic nitrogens is 1. The van der Waals surface area contributed by atoms with Crippen molar-refractivity contribution in [2.45, 2.75) is 20.1 Å². The van der Waals surface area contributed by atoms with Gasteiger partial charge in [-0.15, -0.1) is 0 Å². The topological polar surface area (TPSA) is 82.2 Å². The summed E-state index contributed by atoms with van der Waals surface area (Å²) in [6.45, 7) is 1.84. The number of hydrogen-bond acceptors (Lipinski definition) is 3. The van der Waals surface area contributed by atoms with Crippen LogP contribution >= 0.6 is 0 Å². The van der Waals surface area contributed by atoms with E-state index in [2.05, 4.69) is 10.3 Å². The monoisotopic (exact) mass is 272 g/mol. The highest BCUT2D eigenvalue weighted by molar-refractivity contribution is 5.99. The molecule has 20 heavy (non-hydrogen) atoms. The number of amides is 1. The summed E-state index contributed by atoms with van der Waals surface area (Å²) in [5, 5.41) is 11.7. The van der Waals surface area contributed by atoms with Crippen molar-refractivity contribution >= 4 is 11.7 Å². The molecule has 2 rings (SSSR count). The highest BCUT2D eigenvalue weighted by Crippen LogP contribution is 2.06. The smallest absolute Gasteiger partial charge is 0.267 e. The Labute approximate surface area is 116 Å². The normalized spacial score (nSPS) is 10.3. The highest BCUT2D eigenvalue weighted by Gasteiger charge is 2.10. The van der Waals surface area contributed by atoms with Crippen LogP contribution in [0.2, 0.25) is 0 Å². The van der Waals surface area contributed by atoms with Gasteiger partial charge in [0.2, 0.25) is 0 Å². The summed E-state index contributed by atoms with van der Waals surface area (Å²) in [5.41, 5.74) is 2.62. The second-order valence-electron chi connectivity index (χ2n) is 4.52. The van der Waals surface area contributed by atoms with Crippen molar-refractivity contribution < 1.29 is 14.7 Å². The van der Waals surface area contributed by atoms with E-state index in [1.165, 1.54) is 19.2 Å². The SMILES string of the molecule is CC(=O)c1c[nH]c(C(=O)NCc2ccc(CO)cc2)c1. The van der Waals surface area contributed by atoms with Crippen LogP contribution in [0.4, 0.5) is 0 Å². The van der Waals surface area contributed by atoms with Crippen LogP contribution in [-0.2, 0) is 13.2 Å². The summed E-state index contributed by atoms with van der Waals surface area (Å²) >= 11 is 0. The molecule has 0 fully saturated rings. The van der Waals surface area contributed by atoms with E-state index in [4.69, 9.17) is 5.11 Å². The quantitative estimate of drug-likeness (QED) is 0.724. The number of hydrogen-bond donors (Lipinski definition) is 3. The molecule has 0 bridgehead atoms. The zero-order valence-corrected chi connectivity index (χ0v) is 11.1. The first-order chi connectivity index (χ1) is 9.60. The molecule has 104 valence electrons. The fourth-order valence-electron chi connectivity index (χ4n) is 1.77. The maximum Gasteiger partial charge on any atom is 0.267 e. The number of ketones is 1. The molecule has 1 heterocycles. The maximum atomic E-state index is 11.9. The molecule has 5 nitrogen and oxygen atoms in total. The fraction of sp³-hybridized carbons (Fsp3) is 0.200. The molecule has 0 aliphatic heterocycles. The Balaban J connectivity index is 1.95. The highest BCUT2D eigenvalue weighted by atomic mass is 16.3. The Morgan fingerprint density at radius 3 is 2.40 bits per heavy atom. The predicted octanol–water partition coefficient (Wildman–Crippen LogP) is 1.64. The molecule has 0 saturated carbocycles. The number of rotatable bonds is 5. The summed E-state index contributed by atoms with van der Waals surface area (Å²) < 4.78 is 0. The number of aliphatic hydroxyl groups is 1. The first-order valence-corrected chi connectivity index (χ1v) is 6.26. The minimum atomic E-state index is -0.260. The zero-order valence-electron chi connectivity index (χ0n) is 11.1. The molecule has 0 unspecified atom stereocenters. The number of aromatic amines is 1. The van der Waals surface area contributed by atoms with Crippen molar-refractivity contribution in [3.8, 4) is 0 Å². The Hall–Kier alpha value is -2.40. The van der Waals surface area contributed by atoms with E-state index in [1.54, 1.807) is 0 Å². The van der Waals surface area contributed by atoms with Crippen LogP contribution in [0.3, 0.4) is 0 Å². The lowest BCUT2D eigenvalue weighted by Gasteiger charge is -2.04. The number of carbonyl (C=O) groups excluding carboxylic acids is 2. The van der Waals surface area contributed by atoms with Gasteiger partial charge >= 0.3 is 0 Å². The molecule has 0 aliphatic carbocycles. The largest absolute Gasteiger partial charge is 0.392 e. The molecule has 0 atom stereocenters. The average molecular weight is 272 g/mol. The van der Waals surface area contributed by atoms with Gasteiger partial charge in [0.1, 0.15) is 5.69 Å². The molecule has 1 aromatic heterocycles. The van der Waals surface area contributed by atoms with Crippen molar-refractivity contribution in [3.63, 3.8) is 0 Å². The van der Waals surface area contributed by atoms with Crippen LogP contribution < -0.4 is 5.32 Å². The lowest BCUT2D eigenvalue weighted by atomic mass is 10.1. The maximum absolute atomic E-state index is 11.9. The predicted molar refractivity (Wildman–Crippen MR) is 74.3 cm³/mol. The van der Waals surface area contributed by atoms with E-state index < -0.39 is 0 Å². The van der Waals surface area contributed by atoms with Crippen molar-refractivity contribution in [1.29, 1.82) is 0 Å². The Morgan fingerprint density at radius 1 is 1.20 bits per heavy atom. The first-order valence-electron chi connectivity index (χ1n) is 6.26. The van der Waals surface area contributed by atoms with Gasteiger partial charge in [-0.3, -0.25) is 9.59 Å². The van der Waals surface area contributed by atoms with Gasteiger partial charge in [0.05, 0.1) is 6.61 Å². The Morgan fingerprint density at radius 2 is 1.85 bits per heavy atom. The van der Waals surface area contributed by atoms with Gasteiger partial charge in [-0.25, -0.2) is 0 Å². The van der Waals surface area contributed by atoms with Crippen molar-refractivity contribution in [2.75, 3.05) is 0 Å². The van der Waals surface area contributed by atoms with Crippen molar-refractivity contribution in [1.82, 2.24) is 10.3 Å². The third-order valence-electron chi connectivity index (χ3n) is 2.99. The first kappa shape index (κ1) is 14.0. The Bertz CT molecular complexity index is 614. The van der Waals surface area contributed by atoms with Gasteiger partial charge in [0.25, 0.3) is 5.91 Å². The number of aliphatic hydroxyl groups excluding tert-OH is 1. The summed E-state index contributed by atoms with van der Waals surface area (Å²) in [7, 11) is 0. The third-order valence-corrected chi connectivity index (χ3v) is 2.99. The van der Waals surface area contributed by atoms with Crippen molar-refractivity contribution in [2.24, 2.45) is 0 Å². The van der Waals surface area contributed by atoms with Gasteiger partial charge in [0, 0.05) is 18.3 Å². The van der Waals surface area contributed by atoms with Gasteiger partial charge < -0.3 is 15.4 Å². The second-order valence-corrected chi connectivity index (χ2v) is 4.52. The number of H-pyrrole nitrogens is 1. The molecule has 1 aromatic carbocycles. The third kappa shape index (κ3) is 3.33. The molecular formula is C15H16N2O3. The van der Waals surface area contributed by atoms with Gasteiger partial charge in [-0.05, 0) is 24.1 Å². The molecule has 5 heteroatoms. The van der Waals surface area contributed by atoms with Gasteiger partial charge in [-0.1, -0.05) is 24.3 Å². The number of carbonyl (C=O) groups is 2. The standard InChI is InChI=1S/C15H16N2O3/c1-10(19)13-6-14(16-8-13)15(20)17-7-11-2-4-12(9-18)5-3-11/h2-6,8,16,18H,7,9H2,1H3,(H,17,20). The molecule has 0 saturated heterocycles. The van der Waals surface area contributed by atoms with Crippen LogP contribution in [0, 0.1) is 0 Å². The molecule has 2 aromatic rings. The lowest BCUT2D eigenvalue weighted by molar-refractivity contribution is 0.0946. The average Bonchev–Trinajstić information content (AvgIpc) is 2.95. The second kappa shape index (κ2) is 6.16. The molecular weight excluding hydrogens is 256 g/mol. The molecule has 3 N–H and O–H groups in total. The zero-order chi connectivity index (χ0) is 14.5. The van der Waals surface area contributed by atoms with E-state index in [0.29, 0.717) is 17.8 Å².